The van der Waals surface area contributed by atoms with Gasteiger partial charge in [0.05, 0.1) is 12.1 Å². The van der Waals surface area contributed by atoms with E-state index in [0.717, 1.165) is 25.2 Å². The molecular weight excluding hydrogens is 192 g/mol. The van der Waals surface area contributed by atoms with Crippen molar-refractivity contribution in [2.75, 3.05) is 0 Å². The first-order valence-corrected chi connectivity index (χ1v) is 4.52. The molecule has 0 aromatic carbocycles. The molecule has 0 atom stereocenters. The van der Waals surface area contributed by atoms with Gasteiger partial charge in [-0.15, -0.1) is 0 Å². The molecule has 0 unspecified atom stereocenters. The Kier molecular flexibility index (Phi) is 2.00. The lowest BCUT2D eigenvalue weighted by molar-refractivity contribution is -0.136. The first-order valence-electron chi connectivity index (χ1n) is 4.14. The number of aliphatic carboxylic acids is 1. The predicted octanol–water partition coefficient (Wildman–Crippen LogP) is 1.11. The Morgan fingerprint density at radius 1 is 1.69 bits per heavy atom. The Morgan fingerprint density at radius 3 is 3.15 bits per heavy atom. The Bertz CT molecular complexity index is 359. The van der Waals surface area contributed by atoms with Gasteiger partial charge in [0.25, 0.3) is 0 Å². The molecule has 1 N–H and O–H groups in total. The third-order valence-electron chi connectivity index (χ3n) is 2.20. The monoisotopic (exact) mass is 200 g/mol. The average molecular weight is 201 g/mol. The Hall–Kier alpha value is -1.03. The number of fused-ring (bicyclic) bond motifs is 1. The molecule has 13 heavy (non-hydrogen) atoms. The molecule has 4 nitrogen and oxygen atoms in total. The van der Waals surface area contributed by atoms with Gasteiger partial charge in [-0.3, -0.25) is 4.79 Å². The molecule has 1 aromatic rings. The maximum Gasteiger partial charge on any atom is 0.309 e. The second kappa shape index (κ2) is 3.03. The van der Waals surface area contributed by atoms with Gasteiger partial charge in [0.2, 0.25) is 0 Å². The number of aromatic nitrogens is 2. The van der Waals surface area contributed by atoms with E-state index >= 15 is 0 Å². The number of aryl methyl sites for hydroxylation is 1. The van der Waals surface area contributed by atoms with Crippen LogP contribution in [0.15, 0.2) is 0 Å². The van der Waals surface area contributed by atoms with E-state index in [9.17, 15) is 4.79 Å². The highest BCUT2D eigenvalue weighted by Gasteiger charge is 2.21. The fraction of sp³-hybridized carbons (Fsp3) is 0.500. The molecule has 1 aliphatic rings. The first-order chi connectivity index (χ1) is 6.18. The van der Waals surface area contributed by atoms with Crippen LogP contribution in [0.2, 0.25) is 5.15 Å². The Balaban J connectivity index is 2.38. The highest BCUT2D eigenvalue weighted by molar-refractivity contribution is 6.30. The van der Waals surface area contributed by atoms with Gasteiger partial charge in [0.1, 0.15) is 5.82 Å². The zero-order valence-electron chi connectivity index (χ0n) is 6.96. The van der Waals surface area contributed by atoms with Crippen LogP contribution in [-0.4, -0.2) is 20.6 Å². The van der Waals surface area contributed by atoms with Gasteiger partial charge in [-0.2, -0.15) is 0 Å². The van der Waals surface area contributed by atoms with Crippen molar-refractivity contribution in [2.45, 2.75) is 25.8 Å². The first kappa shape index (κ1) is 8.56. The van der Waals surface area contributed by atoms with Crippen LogP contribution >= 0.6 is 11.6 Å². The number of imidazole rings is 1. The van der Waals surface area contributed by atoms with Crippen molar-refractivity contribution in [3.63, 3.8) is 0 Å². The minimum atomic E-state index is -0.864. The summed E-state index contributed by atoms with van der Waals surface area (Å²) in [5.74, 6) is 0.0535. The molecule has 0 radical (unpaired) electrons. The van der Waals surface area contributed by atoms with Crippen molar-refractivity contribution in [1.29, 1.82) is 0 Å². The molecule has 0 saturated carbocycles. The third-order valence-corrected chi connectivity index (χ3v) is 2.51. The molecule has 0 bridgehead atoms. The van der Waals surface area contributed by atoms with Gasteiger partial charge in [-0.05, 0) is 6.42 Å². The van der Waals surface area contributed by atoms with Crippen LogP contribution in [-0.2, 0) is 24.2 Å². The molecule has 0 fully saturated rings. The van der Waals surface area contributed by atoms with Crippen LogP contribution in [0.3, 0.4) is 0 Å². The number of carboxylic acid groups (broad SMARTS) is 1. The summed E-state index contributed by atoms with van der Waals surface area (Å²) < 4.78 is 1.91. The quantitative estimate of drug-likeness (QED) is 0.778. The van der Waals surface area contributed by atoms with Crippen LogP contribution in [0.5, 0.6) is 0 Å². The molecule has 70 valence electrons. The van der Waals surface area contributed by atoms with Gasteiger partial charge >= 0.3 is 5.97 Å². The van der Waals surface area contributed by atoms with E-state index in [2.05, 4.69) is 4.98 Å². The molecule has 1 aliphatic heterocycles. The van der Waals surface area contributed by atoms with E-state index in [1.165, 1.54) is 0 Å². The molecule has 1 aromatic heterocycles. The molecule has 2 rings (SSSR count). The number of hydrogen-bond acceptors (Lipinski definition) is 2. The average Bonchev–Trinajstić information content (AvgIpc) is 2.55. The number of halogens is 1. The lowest BCUT2D eigenvalue weighted by Crippen LogP contribution is -2.07. The molecule has 5 heteroatoms. The van der Waals surface area contributed by atoms with Crippen LogP contribution in [0.1, 0.15) is 17.9 Å². The molecule has 0 amide bonds. The smallest absolute Gasteiger partial charge is 0.309 e. The summed E-state index contributed by atoms with van der Waals surface area (Å²) >= 11 is 5.81. The van der Waals surface area contributed by atoms with Crippen molar-refractivity contribution in [3.8, 4) is 0 Å². The number of carboxylic acids is 1. The predicted molar refractivity (Wildman–Crippen MR) is 46.9 cm³/mol. The molecule has 2 heterocycles. The van der Waals surface area contributed by atoms with E-state index < -0.39 is 5.97 Å². The fourth-order valence-corrected chi connectivity index (χ4v) is 1.93. The summed E-state index contributed by atoms with van der Waals surface area (Å²) in [4.78, 5) is 14.6. The topological polar surface area (TPSA) is 55.1 Å². The number of rotatable bonds is 2. The summed E-state index contributed by atoms with van der Waals surface area (Å²) in [5, 5.41) is 8.99. The van der Waals surface area contributed by atoms with Gasteiger partial charge < -0.3 is 9.67 Å². The van der Waals surface area contributed by atoms with Crippen molar-refractivity contribution in [2.24, 2.45) is 0 Å². The highest BCUT2D eigenvalue weighted by atomic mass is 35.5. The lowest BCUT2D eigenvalue weighted by Gasteiger charge is -2.01. The van der Waals surface area contributed by atoms with Gasteiger partial charge in [-0.1, -0.05) is 11.6 Å². The fourth-order valence-electron chi connectivity index (χ4n) is 1.67. The number of nitrogens with zero attached hydrogens (tertiary/aromatic N) is 2. The largest absolute Gasteiger partial charge is 0.481 e. The number of carbonyl (C=O) groups is 1. The second-order valence-electron chi connectivity index (χ2n) is 3.09. The summed E-state index contributed by atoms with van der Waals surface area (Å²) in [7, 11) is 0. The van der Waals surface area contributed by atoms with E-state index in [1.54, 1.807) is 0 Å². The van der Waals surface area contributed by atoms with Gasteiger partial charge in [0, 0.05) is 13.0 Å². The highest BCUT2D eigenvalue weighted by Crippen LogP contribution is 2.23. The van der Waals surface area contributed by atoms with Crippen molar-refractivity contribution < 1.29 is 9.90 Å². The minimum Gasteiger partial charge on any atom is -0.481 e. The zero-order valence-corrected chi connectivity index (χ0v) is 7.71. The lowest BCUT2D eigenvalue weighted by atomic mass is 10.3. The van der Waals surface area contributed by atoms with Crippen LogP contribution < -0.4 is 0 Å². The molecule has 0 aliphatic carbocycles. The Morgan fingerprint density at radius 2 is 2.46 bits per heavy atom. The van der Waals surface area contributed by atoms with Crippen molar-refractivity contribution in [1.82, 2.24) is 9.55 Å². The molecule has 0 spiro atoms. The van der Waals surface area contributed by atoms with Gasteiger partial charge in [0.15, 0.2) is 5.15 Å². The van der Waals surface area contributed by atoms with E-state index in [0.29, 0.717) is 10.8 Å². The van der Waals surface area contributed by atoms with Crippen molar-refractivity contribution >= 4 is 17.6 Å². The standard InChI is InChI=1S/C8H9ClN2O2/c9-8-5(4-7(12)13)11-3-1-2-6(11)10-8/h1-4H2,(H,12,13). The van der Waals surface area contributed by atoms with Crippen molar-refractivity contribution in [3.05, 3.63) is 16.7 Å². The van der Waals surface area contributed by atoms with Crippen LogP contribution in [0.25, 0.3) is 0 Å². The SMILES string of the molecule is O=C(O)Cc1c(Cl)nc2n1CCC2. The molecule has 0 saturated heterocycles. The number of hydrogen-bond donors (Lipinski definition) is 1. The van der Waals surface area contributed by atoms with E-state index in [-0.39, 0.29) is 6.42 Å². The van der Waals surface area contributed by atoms with Gasteiger partial charge in [-0.25, -0.2) is 4.98 Å². The maximum absolute atomic E-state index is 10.5. The summed E-state index contributed by atoms with van der Waals surface area (Å²) in [6.07, 6.45) is 1.90. The summed E-state index contributed by atoms with van der Waals surface area (Å²) in [5.41, 5.74) is 0.640. The molecular formula is C8H9ClN2O2. The van der Waals surface area contributed by atoms with Crippen LogP contribution in [0.4, 0.5) is 0 Å². The Labute approximate surface area is 80.1 Å². The van der Waals surface area contributed by atoms with Crippen LogP contribution in [0, 0.1) is 0 Å². The minimum absolute atomic E-state index is 0.0359. The summed E-state index contributed by atoms with van der Waals surface area (Å²) in [6, 6.07) is 0. The summed E-state index contributed by atoms with van der Waals surface area (Å²) in [6.45, 7) is 0.845. The van der Waals surface area contributed by atoms with E-state index in [1.807, 2.05) is 4.57 Å². The maximum atomic E-state index is 10.5. The third kappa shape index (κ3) is 1.42. The van der Waals surface area contributed by atoms with E-state index in [4.69, 9.17) is 16.7 Å². The normalized spacial score (nSPS) is 14.5. The zero-order chi connectivity index (χ0) is 9.42. The second-order valence-corrected chi connectivity index (χ2v) is 3.45.